The van der Waals surface area contributed by atoms with Crippen LogP contribution in [0.25, 0.3) is 11.0 Å². The minimum atomic E-state index is -0.546. The van der Waals surface area contributed by atoms with E-state index in [9.17, 15) is 9.59 Å². The van der Waals surface area contributed by atoms with Crippen molar-refractivity contribution in [1.29, 1.82) is 0 Å². The van der Waals surface area contributed by atoms with Crippen LogP contribution in [0.15, 0.2) is 42.7 Å². The third kappa shape index (κ3) is 4.53. The zero-order chi connectivity index (χ0) is 21.0. The molecule has 1 N–H and O–H groups in total. The first-order valence-electron chi connectivity index (χ1n) is 9.27. The monoisotopic (exact) mass is 396 g/mol. The molecule has 3 aromatic rings. The average molecular weight is 396 g/mol. The van der Waals surface area contributed by atoms with Crippen molar-refractivity contribution in [3.8, 4) is 5.75 Å². The highest BCUT2D eigenvalue weighted by molar-refractivity contribution is 5.97. The molecule has 29 heavy (non-hydrogen) atoms. The number of aromatic nitrogens is 3. The van der Waals surface area contributed by atoms with E-state index >= 15 is 0 Å². The van der Waals surface area contributed by atoms with Crippen LogP contribution in [0.2, 0.25) is 0 Å². The number of rotatable bonds is 7. The zero-order valence-electron chi connectivity index (χ0n) is 16.9. The van der Waals surface area contributed by atoms with Crippen LogP contribution in [0.3, 0.4) is 0 Å². The molecule has 0 saturated carbocycles. The summed E-state index contributed by atoms with van der Waals surface area (Å²) in [5.74, 6) is -0.0620. The van der Waals surface area contributed by atoms with E-state index in [1.807, 2.05) is 13.8 Å². The molecule has 0 aliphatic carbocycles. The number of hydrogen-bond donors (Lipinski definition) is 1. The van der Waals surface area contributed by atoms with Crippen LogP contribution >= 0.6 is 0 Å². The van der Waals surface area contributed by atoms with Gasteiger partial charge in [-0.05, 0) is 37.6 Å². The van der Waals surface area contributed by atoms with Gasteiger partial charge in [0, 0.05) is 17.6 Å². The second kappa shape index (κ2) is 8.72. The molecular weight excluding hydrogens is 372 g/mol. The second-order valence-corrected chi connectivity index (χ2v) is 6.90. The lowest BCUT2D eigenvalue weighted by Crippen LogP contribution is -2.30. The van der Waals surface area contributed by atoms with Gasteiger partial charge in [-0.2, -0.15) is 5.10 Å². The quantitative estimate of drug-likeness (QED) is 0.617. The number of methoxy groups -OCH3 is 2. The standard InChI is InChI=1S/C21H24N4O4/c1-13(2)25-20-15(12-23-25)9-16(11-22-20)21(27)24-18(10-19(26)29-4)14-5-7-17(28-3)8-6-14/h5-9,11-13,18H,10H2,1-4H3,(H,24,27). The van der Waals surface area contributed by atoms with Gasteiger partial charge in [-0.1, -0.05) is 12.1 Å². The highest BCUT2D eigenvalue weighted by Crippen LogP contribution is 2.22. The third-order valence-electron chi connectivity index (χ3n) is 4.61. The lowest BCUT2D eigenvalue weighted by atomic mass is 10.0. The molecule has 3 rings (SSSR count). The van der Waals surface area contributed by atoms with E-state index in [1.54, 1.807) is 48.3 Å². The van der Waals surface area contributed by atoms with Crippen molar-refractivity contribution in [3.63, 3.8) is 0 Å². The molecule has 0 fully saturated rings. The van der Waals surface area contributed by atoms with Gasteiger partial charge >= 0.3 is 5.97 Å². The van der Waals surface area contributed by atoms with Gasteiger partial charge in [0.05, 0.1) is 38.4 Å². The van der Waals surface area contributed by atoms with Crippen LogP contribution in [0.1, 0.15) is 48.3 Å². The fraction of sp³-hybridized carbons (Fsp3) is 0.333. The molecular formula is C21H24N4O4. The number of esters is 1. The van der Waals surface area contributed by atoms with Crippen LogP contribution < -0.4 is 10.1 Å². The molecule has 0 saturated heterocycles. The first kappa shape index (κ1) is 20.3. The number of nitrogens with one attached hydrogen (secondary N) is 1. The number of ether oxygens (including phenoxy) is 2. The van der Waals surface area contributed by atoms with Crippen LogP contribution in [0, 0.1) is 0 Å². The van der Waals surface area contributed by atoms with E-state index < -0.39 is 12.0 Å². The summed E-state index contributed by atoms with van der Waals surface area (Å²) < 4.78 is 11.7. The van der Waals surface area contributed by atoms with Crippen molar-refractivity contribution in [1.82, 2.24) is 20.1 Å². The molecule has 0 bridgehead atoms. The normalized spacial score (nSPS) is 12.0. The molecule has 0 radical (unpaired) electrons. The van der Waals surface area contributed by atoms with Gasteiger partial charge in [0.25, 0.3) is 5.91 Å². The molecule has 0 aliphatic heterocycles. The zero-order valence-corrected chi connectivity index (χ0v) is 16.9. The van der Waals surface area contributed by atoms with Crippen LogP contribution in [0.4, 0.5) is 0 Å². The Morgan fingerprint density at radius 3 is 2.48 bits per heavy atom. The van der Waals surface area contributed by atoms with Gasteiger partial charge < -0.3 is 14.8 Å². The Bertz CT molecular complexity index is 1010. The Hall–Kier alpha value is -3.42. The Kier molecular flexibility index (Phi) is 6.11. The Labute approximate surface area is 168 Å². The summed E-state index contributed by atoms with van der Waals surface area (Å²) >= 11 is 0. The number of amides is 1. The highest BCUT2D eigenvalue weighted by Gasteiger charge is 2.21. The summed E-state index contributed by atoms with van der Waals surface area (Å²) in [6, 6.07) is 8.53. The highest BCUT2D eigenvalue weighted by atomic mass is 16.5. The topological polar surface area (TPSA) is 95.3 Å². The fourth-order valence-electron chi connectivity index (χ4n) is 3.02. The third-order valence-corrected chi connectivity index (χ3v) is 4.61. The Balaban J connectivity index is 1.85. The molecule has 1 atom stereocenters. The molecule has 152 valence electrons. The number of fused-ring (bicyclic) bond motifs is 1. The maximum absolute atomic E-state index is 12.9. The summed E-state index contributed by atoms with van der Waals surface area (Å²) in [5, 5.41) is 8.00. The van der Waals surface area contributed by atoms with E-state index in [0.717, 1.165) is 16.6 Å². The molecule has 8 nitrogen and oxygen atoms in total. The number of benzene rings is 1. The molecule has 2 heterocycles. The lowest BCUT2D eigenvalue weighted by Gasteiger charge is -2.18. The van der Waals surface area contributed by atoms with Crippen molar-refractivity contribution < 1.29 is 19.1 Å². The van der Waals surface area contributed by atoms with Gasteiger partial charge in [0.15, 0.2) is 5.65 Å². The first-order chi connectivity index (χ1) is 13.9. The number of carbonyl (C=O) groups is 2. The van der Waals surface area contributed by atoms with E-state index in [1.165, 1.54) is 13.3 Å². The van der Waals surface area contributed by atoms with Crippen molar-refractivity contribution in [3.05, 3.63) is 53.9 Å². The smallest absolute Gasteiger partial charge is 0.307 e. The first-order valence-corrected chi connectivity index (χ1v) is 9.27. The predicted octanol–water partition coefficient (Wildman–Crippen LogP) is 3.06. The van der Waals surface area contributed by atoms with Crippen molar-refractivity contribution in [2.75, 3.05) is 14.2 Å². The minimum Gasteiger partial charge on any atom is -0.497 e. The molecule has 8 heteroatoms. The maximum Gasteiger partial charge on any atom is 0.307 e. The minimum absolute atomic E-state index is 0.00945. The van der Waals surface area contributed by atoms with Crippen molar-refractivity contribution in [2.45, 2.75) is 32.4 Å². The van der Waals surface area contributed by atoms with Crippen LogP contribution in [-0.4, -0.2) is 40.9 Å². The van der Waals surface area contributed by atoms with Gasteiger partial charge in [-0.3, -0.25) is 9.59 Å². The van der Waals surface area contributed by atoms with Gasteiger partial charge in [-0.15, -0.1) is 0 Å². The number of carbonyl (C=O) groups excluding carboxylic acids is 2. The summed E-state index contributed by atoms with van der Waals surface area (Å²) in [6.45, 7) is 4.03. The van der Waals surface area contributed by atoms with Crippen LogP contribution in [-0.2, 0) is 9.53 Å². The summed E-state index contributed by atoms with van der Waals surface area (Å²) in [7, 11) is 2.90. The molecule has 2 aromatic heterocycles. The second-order valence-electron chi connectivity index (χ2n) is 6.90. The SMILES string of the molecule is COC(=O)CC(NC(=O)c1cnc2c(cnn2C(C)C)c1)c1ccc(OC)cc1. The summed E-state index contributed by atoms with van der Waals surface area (Å²) in [5.41, 5.74) is 1.88. The van der Waals surface area contributed by atoms with E-state index in [0.29, 0.717) is 11.3 Å². The fourth-order valence-corrected chi connectivity index (χ4v) is 3.02. The van der Waals surface area contributed by atoms with E-state index in [-0.39, 0.29) is 18.4 Å². The number of hydrogen-bond acceptors (Lipinski definition) is 6. The lowest BCUT2D eigenvalue weighted by molar-refractivity contribution is -0.141. The molecule has 0 aliphatic rings. The molecule has 0 spiro atoms. The summed E-state index contributed by atoms with van der Waals surface area (Å²) in [6.07, 6.45) is 3.21. The number of nitrogens with zero attached hydrogens (tertiary/aromatic N) is 3. The van der Waals surface area contributed by atoms with E-state index in [4.69, 9.17) is 9.47 Å². The van der Waals surface area contributed by atoms with Gasteiger partial charge in [0.1, 0.15) is 5.75 Å². The molecule has 1 amide bonds. The Morgan fingerprint density at radius 1 is 1.14 bits per heavy atom. The molecule has 1 aromatic carbocycles. The van der Waals surface area contributed by atoms with E-state index in [2.05, 4.69) is 15.4 Å². The largest absolute Gasteiger partial charge is 0.497 e. The van der Waals surface area contributed by atoms with Gasteiger partial charge in [-0.25, -0.2) is 9.67 Å². The molecule has 1 unspecified atom stereocenters. The number of pyridine rings is 1. The maximum atomic E-state index is 12.9. The predicted molar refractivity (Wildman–Crippen MR) is 108 cm³/mol. The van der Waals surface area contributed by atoms with Crippen LogP contribution in [0.5, 0.6) is 5.75 Å². The van der Waals surface area contributed by atoms with Gasteiger partial charge in [0.2, 0.25) is 0 Å². The van der Waals surface area contributed by atoms with Crippen molar-refractivity contribution in [2.24, 2.45) is 0 Å². The summed E-state index contributed by atoms with van der Waals surface area (Å²) in [4.78, 5) is 29.1. The average Bonchev–Trinajstić information content (AvgIpc) is 3.16. The Morgan fingerprint density at radius 2 is 1.86 bits per heavy atom. The van der Waals surface area contributed by atoms with Crippen molar-refractivity contribution >= 4 is 22.9 Å².